The number of halogens is 6. The SMILES string of the molecule is CO[C@H](COC(F)(F)F)[C@@H](C)[C@H]1CC[C@H]2[C@@H]3CC[C@@H]4C[C@@H](C(F)(F)F)CC[C@@H]4[C@H]3CC[C@]12C. The number of rotatable bonds is 5. The minimum absolute atomic E-state index is 0.0472. The van der Waals surface area contributed by atoms with Crippen LogP contribution in [0.25, 0.3) is 0 Å². The van der Waals surface area contributed by atoms with Gasteiger partial charge in [0, 0.05) is 7.11 Å². The average molecular weight is 485 g/mol. The number of ether oxygens (including phenoxy) is 2. The van der Waals surface area contributed by atoms with Crippen LogP contribution in [0.4, 0.5) is 26.3 Å². The summed E-state index contributed by atoms with van der Waals surface area (Å²) >= 11 is 0. The standard InChI is InChI=1S/C25H38F6O2/c1-14(22(32-3)13-33-25(29,30)31)20-8-9-21-19-6-4-15-12-16(24(26,27)28)5-7-17(15)18(19)10-11-23(20,21)2/h14-22H,4-13H2,1-3H3/t14-,15+,16-,17-,18+,19+,20+,21-,22+,23+/m0/s1. The lowest BCUT2D eigenvalue weighted by atomic mass is 9.48. The molecule has 4 aliphatic rings. The Labute approximate surface area is 193 Å². The molecule has 0 unspecified atom stereocenters. The third-order valence-corrected chi connectivity index (χ3v) is 10.4. The van der Waals surface area contributed by atoms with Crippen molar-refractivity contribution in [2.75, 3.05) is 13.7 Å². The summed E-state index contributed by atoms with van der Waals surface area (Å²) in [4.78, 5) is 0. The third-order valence-electron chi connectivity index (χ3n) is 10.4. The molecular formula is C25H38F6O2. The van der Waals surface area contributed by atoms with E-state index < -0.39 is 31.2 Å². The highest BCUT2D eigenvalue weighted by atomic mass is 19.4. The largest absolute Gasteiger partial charge is 0.522 e. The molecule has 0 N–H and O–H groups in total. The molecule has 0 saturated heterocycles. The molecular weight excluding hydrogens is 446 g/mol. The van der Waals surface area contributed by atoms with Gasteiger partial charge in [0.1, 0.15) is 0 Å². The lowest BCUT2D eigenvalue weighted by Crippen LogP contribution is -2.50. The normalized spacial score (nSPS) is 43.4. The van der Waals surface area contributed by atoms with Crippen molar-refractivity contribution >= 4 is 0 Å². The monoisotopic (exact) mass is 484 g/mol. The first-order valence-electron chi connectivity index (χ1n) is 12.7. The number of fused-ring (bicyclic) bond motifs is 5. The topological polar surface area (TPSA) is 18.5 Å². The van der Waals surface area contributed by atoms with E-state index in [9.17, 15) is 26.3 Å². The van der Waals surface area contributed by atoms with Gasteiger partial charge in [-0.3, -0.25) is 4.74 Å². The molecule has 8 heteroatoms. The zero-order valence-electron chi connectivity index (χ0n) is 19.9. The summed E-state index contributed by atoms with van der Waals surface area (Å²) in [5.41, 5.74) is 0.0472. The third kappa shape index (κ3) is 4.94. The molecule has 4 fully saturated rings. The molecule has 0 aromatic heterocycles. The molecule has 33 heavy (non-hydrogen) atoms. The quantitative estimate of drug-likeness (QED) is 0.374. The Hall–Kier alpha value is -0.500. The van der Waals surface area contributed by atoms with E-state index in [2.05, 4.69) is 11.7 Å². The molecule has 4 rings (SSSR count). The Bertz CT molecular complexity index is 679. The van der Waals surface area contributed by atoms with Gasteiger partial charge in [0.05, 0.1) is 18.6 Å². The molecule has 0 bridgehead atoms. The highest BCUT2D eigenvalue weighted by molar-refractivity contribution is 5.07. The Balaban J connectivity index is 1.44. The lowest BCUT2D eigenvalue weighted by Gasteiger charge is -2.57. The Morgan fingerprint density at radius 1 is 0.879 bits per heavy atom. The summed E-state index contributed by atoms with van der Waals surface area (Å²) in [6, 6.07) is 0. The second-order valence-corrected chi connectivity index (χ2v) is 11.6. The molecule has 0 radical (unpaired) electrons. The molecule has 4 aliphatic carbocycles. The summed E-state index contributed by atoms with van der Waals surface area (Å²) in [5.74, 6) is 1.25. The zero-order chi connectivity index (χ0) is 24.2. The maximum Gasteiger partial charge on any atom is 0.522 e. The van der Waals surface area contributed by atoms with Gasteiger partial charge in [0.15, 0.2) is 0 Å². The minimum Gasteiger partial charge on any atom is -0.379 e. The van der Waals surface area contributed by atoms with E-state index in [4.69, 9.17) is 4.74 Å². The van der Waals surface area contributed by atoms with Gasteiger partial charge in [-0.05, 0) is 105 Å². The summed E-state index contributed by atoms with van der Waals surface area (Å²) in [5, 5.41) is 0. The van der Waals surface area contributed by atoms with Crippen LogP contribution in [0.5, 0.6) is 0 Å². The molecule has 0 amide bonds. The summed E-state index contributed by atoms with van der Waals surface area (Å²) in [6.45, 7) is 3.81. The fourth-order valence-electron chi connectivity index (χ4n) is 8.92. The highest BCUT2D eigenvalue weighted by Gasteiger charge is 2.59. The zero-order valence-corrected chi connectivity index (χ0v) is 19.9. The van der Waals surface area contributed by atoms with Gasteiger partial charge in [-0.25, -0.2) is 0 Å². The Kier molecular flexibility index (Phi) is 7.12. The molecule has 0 spiro atoms. The molecule has 0 heterocycles. The van der Waals surface area contributed by atoms with Crippen molar-refractivity contribution in [2.45, 2.75) is 90.3 Å². The van der Waals surface area contributed by atoms with Crippen molar-refractivity contribution < 1.29 is 35.8 Å². The van der Waals surface area contributed by atoms with E-state index in [1.165, 1.54) is 7.11 Å². The molecule has 192 valence electrons. The number of methoxy groups -OCH3 is 1. The van der Waals surface area contributed by atoms with Crippen molar-refractivity contribution in [3.8, 4) is 0 Å². The van der Waals surface area contributed by atoms with Crippen LogP contribution in [-0.2, 0) is 9.47 Å². The molecule has 10 atom stereocenters. The number of alkyl halides is 6. The maximum absolute atomic E-state index is 13.3. The van der Waals surface area contributed by atoms with Crippen LogP contribution in [-0.4, -0.2) is 32.4 Å². The fraction of sp³-hybridized carbons (Fsp3) is 1.00. The van der Waals surface area contributed by atoms with Gasteiger partial charge in [-0.15, -0.1) is 13.2 Å². The summed E-state index contributed by atoms with van der Waals surface area (Å²) < 4.78 is 87.3. The van der Waals surface area contributed by atoms with Crippen LogP contribution in [0.15, 0.2) is 0 Å². The van der Waals surface area contributed by atoms with Crippen LogP contribution in [0.2, 0.25) is 0 Å². The second kappa shape index (κ2) is 9.18. The first-order chi connectivity index (χ1) is 15.3. The van der Waals surface area contributed by atoms with Crippen LogP contribution in [0, 0.1) is 52.8 Å². The van der Waals surface area contributed by atoms with Gasteiger partial charge in [-0.2, -0.15) is 13.2 Å². The fourth-order valence-corrected chi connectivity index (χ4v) is 8.92. The lowest BCUT2D eigenvalue weighted by molar-refractivity contribution is -0.333. The molecule has 0 aromatic carbocycles. The molecule has 0 aromatic rings. The molecule has 4 saturated carbocycles. The van der Waals surface area contributed by atoms with Crippen molar-refractivity contribution in [1.29, 1.82) is 0 Å². The van der Waals surface area contributed by atoms with Crippen molar-refractivity contribution in [3.63, 3.8) is 0 Å². The van der Waals surface area contributed by atoms with E-state index in [0.29, 0.717) is 36.5 Å². The predicted octanol–water partition coefficient (Wildman–Crippen LogP) is 7.62. The molecule has 0 aliphatic heterocycles. The van der Waals surface area contributed by atoms with Crippen molar-refractivity contribution in [2.24, 2.45) is 52.8 Å². The van der Waals surface area contributed by atoms with Crippen LogP contribution in [0.1, 0.15) is 71.6 Å². The highest BCUT2D eigenvalue weighted by Crippen LogP contribution is 2.66. The Morgan fingerprint density at radius 3 is 2.21 bits per heavy atom. The van der Waals surface area contributed by atoms with Gasteiger partial charge in [0.25, 0.3) is 0 Å². The van der Waals surface area contributed by atoms with Gasteiger partial charge in [-0.1, -0.05) is 13.8 Å². The number of hydrogen-bond acceptors (Lipinski definition) is 2. The van der Waals surface area contributed by atoms with Crippen LogP contribution in [0.3, 0.4) is 0 Å². The summed E-state index contributed by atoms with van der Waals surface area (Å²) in [7, 11) is 1.45. The smallest absolute Gasteiger partial charge is 0.379 e. The average Bonchev–Trinajstić information content (AvgIpc) is 3.09. The van der Waals surface area contributed by atoms with E-state index in [0.717, 1.165) is 38.5 Å². The van der Waals surface area contributed by atoms with Gasteiger partial charge in [0.2, 0.25) is 0 Å². The molecule has 2 nitrogen and oxygen atoms in total. The van der Waals surface area contributed by atoms with E-state index in [-0.39, 0.29) is 29.6 Å². The van der Waals surface area contributed by atoms with E-state index in [1.54, 1.807) is 0 Å². The van der Waals surface area contributed by atoms with Crippen molar-refractivity contribution in [3.05, 3.63) is 0 Å². The van der Waals surface area contributed by atoms with Crippen LogP contribution >= 0.6 is 0 Å². The maximum atomic E-state index is 13.3. The second-order valence-electron chi connectivity index (χ2n) is 11.6. The van der Waals surface area contributed by atoms with Crippen molar-refractivity contribution in [1.82, 2.24) is 0 Å². The summed E-state index contributed by atoms with van der Waals surface area (Å²) in [6.07, 6.45) is -2.11. The first-order valence-corrected chi connectivity index (χ1v) is 12.7. The predicted molar refractivity (Wildman–Crippen MR) is 112 cm³/mol. The van der Waals surface area contributed by atoms with E-state index in [1.807, 2.05) is 6.92 Å². The first kappa shape index (κ1) is 25.6. The number of hydrogen-bond donors (Lipinski definition) is 0. The van der Waals surface area contributed by atoms with Gasteiger partial charge < -0.3 is 4.74 Å². The Morgan fingerprint density at radius 2 is 1.58 bits per heavy atom. The van der Waals surface area contributed by atoms with Gasteiger partial charge >= 0.3 is 12.5 Å². The minimum atomic E-state index is -4.67. The van der Waals surface area contributed by atoms with E-state index >= 15 is 0 Å². The van der Waals surface area contributed by atoms with Crippen LogP contribution < -0.4 is 0 Å².